The number of esters is 1. The molecule has 0 unspecified atom stereocenters. The van der Waals surface area contributed by atoms with Crippen LogP contribution < -0.4 is 10.5 Å². The summed E-state index contributed by atoms with van der Waals surface area (Å²) in [4.78, 5) is 12.2. The van der Waals surface area contributed by atoms with E-state index in [4.69, 9.17) is 15.2 Å². The second kappa shape index (κ2) is 6.78. The Labute approximate surface area is 123 Å². The van der Waals surface area contributed by atoms with Gasteiger partial charge < -0.3 is 15.2 Å². The molecule has 1 heterocycles. The third-order valence-electron chi connectivity index (χ3n) is 3.08. The molecule has 0 atom stereocenters. The van der Waals surface area contributed by atoms with E-state index in [1.165, 1.54) is 0 Å². The molecule has 0 amide bonds. The summed E-state index contributed by atoms with van der Waals surface area (Å²) in [6.45, 7) is 2.57. The number of nitrogen functional groups attached to an aromatic ring is 1. The number of nitrogens with two attached hydrogens (primary N) is 1. The van der Waals surface area contributed by atoms with Crippen molar-refractivity contribution in [1.29, 1.82) is 0 Å². The number of ether oxygens (including phenoxy) is 2. The van der Waals surface area contributed by atoms with Crippen molar-refractivity contribution < 1.29 is 14.3 Å². The number of hydrogen-bond acceptors (Lipinski definition) is 5. The summed E-state index contributed by atoms with van der Waals surface area (Å²) < 4.78 is 12.4. The molecule has 0 spiro atoms. The van der Waals surface area contributed by atoms with E-state index in [0.29, 0.717) is 24.5 Å². The number of benzene rings is 1. The van der Waals surface area contributed by atoms with E-state index in [1.807, 2.05) is 20.0 Å². The van der Waals surface area contributed by atoms with Crippen LogP contribution in [0.5, 0.6) is 5.75 Å². The molecule has 1 aromatic carbocycles. The quantitative estimate of drug-likeness (QED) is 0.648. The van der Waals surface area contributed by atoms with Gasteiger partial charge in [-0.25, -0.2) is 4.79 Å². The Balaban J connectivity index is 2.02. The van der Waals surface area contributed by atoms with Crippen molar-refractivity contribution in [2.24, 2.45) is 7.05 Å². The van der Waals surface area contributed by atoms with Crippen LogP contribution in [0.15, 0.2) is 30.5 Å². The normalized spacial score (nSPS) is 10.4. The Kier molecular flexibility index (Phi) is 4.81. The molecule has 0 aliphatic heterocycles. The van der Waals surface area contributed by atoms with E-state index in [9.17, 15) is 4.79 Å². The van der Waals surface area contributed by atoms with Gasteiger partial charge in [0.25, 0.3) is 0 Å². The average molecular weight is 289 g/mol. The number of rotatable bonds is 6. The Morgan fingerprint density at radius 1 is 1.38 bits per heavy atom. The largest absolute Gasteiger partial charge is 0.493 e. The second-order valence-corrected chi connectivity index (χ2v) is 4.49. The average Bonchev–Trinajstić information content (AvgIpc) is 2.85. The predicted molar refractivity (Wildman–Crippen MR) is 79.2 cm³/mol. The van der Waals surface area contributed by atoms with Crippen LogP contribution >= 0.6 is 0 Å². The summed E-state index contributed by atoms with van der Waals surface area (Å²) in [6.07, 6.45) is 2.30. The summed E-state index contributed by atoms with van der Waals surface area (Å²) in [5.41, 5.74) is 7.48. The van der Waals surface area contributed by atoms with Crippen molar-refractivity contribution in [3.8, 4) is 5.75 Å². The molecule has 0 saturated carbocycles. The van der Waals surface area contributed by atoms with Crippen LogP contribution in [-0.4, -0.2) is 29.0 Å². The number of carbonyl (C=O) groups is 1. The Hall–Kier alpha value is -2.50. The molecule has 112 valence electrons. The maximum atomic E-state index is 12.2. The second-order valence-electron chi connectivity index (χ2n) is 4.49. The summed E-state index contributed by atoms with van der Waals surface area (Å²) in [6, 6.07) is 6.99. The molecule has 6 nitrogen and oxygen atoms in total. The van der Waals surface area contributed by atoms with Crippen LogP contribution in [0, 0.1) is 0 Å². The van der Waals surface area contributed by atoms with Gasteiger partial charge >= 0.3 is 5.97 Å². The van der Waals surface area contributed by atoms with Crippen LogP contribution in [0.1, 0.15) is 23.0 Å². The zero-order valence-corrected chi connectivity index (χ0v) is 12.2. The molecule has 2 rings (SSSR count). The number of hydrogen-bond donors (Lipinski definition) is 1. The van der Waals surface area contributed by atoms with Crippen molar-refractivity contribution >= 4 is 11.7 Å². The standard InChI is InChI=1S/C15H19N3O3/c1-3-20-13-6-4-5-12(16)14(13)15(19)21-10-8-11-7-9-17-18(11)2/h4-7,9H,3,8,10,16H2,1-2H3. The molecule has 0 fully saturated rings. The molecule has 0 saturated heterocycles. The minimum atomic E-state index is -0.473. The van der Waals surface area contributed by atoms with Gasteiger partial charge in [-0.2, -0.15) is 5.10 Å². The molecule has 2 aromatic rings. The van der Waals surface area contributed by atoms with Gasteiger partial charge in [-0.05, 0) is 25.1 Å². The lowest BCUT2D eigenvalue weighted by Gasteiger charge is -2.12. The van der Waals surface area contributed by atoms with Gasteiger partial charge in [-0.1, -0.05) is 6.07 Å². The smallest absolute Gasteiger partial charge is 0.344 e. The van der Waals surface area contributed by atoms with Crippen molar-refractivity contribution in [2.45, 2.75) is 13.3 Å². The molecule has 2 N–H and O–H groups in total. The van der Waals surface area contributed by atoms with Gasteiger partial charge in [0, 0.05) is 31.0 Å². The molecule has 0 aliphatic rings. The van der Waals surface area contributed by atoms with E-state index in [2.05, 4.69) is 5.10 Å². The SMILES string of the molecule is CCOc1cccc(N)c1C(=O)OCCc1ccnn1C. The monoisotopic (exact) mass is 289 g/mol. The van der Waals surface area contributed by atoms with Crippen molar-refractivity contribution in [2.75, 3.05) is 18.9 Å². The Bertz CT molecular complexity index is 622. The lowest BCUT2D eigenvalue weighted by Crippen LogP contribution is -2.13. The number of anilines is 1. The predicted octanol–water partition coefficient (Wildman–Crippen LogP) is 1.80. The molecular formula is C15H19N3O3. The zero-order chi connectivity index (χ0) is 15.2. The molecular weight excluding hydrogens is 270 g/mol. The lowest BCUT2D eigenvalue weighted by molar-refractivity contribution is 0.0504. The minimum Gasteiger partial charge on any atom is -0.493 e. The maximum absolute atomic E-state index is 12.2. The van der Waals surface area contributed by atoms with Gasteiger partial charge in [0.1, 0.15) is 11.3 Å². The minimum absolute atomic E-state index is 0.262. The lowest BCUT2D eigenvalue weighted by atomic mass is 10.1. The third kappa shape index (κ3) is 3.53. The third-order valence-corrected chi connectivity index (χ3v) is 3.08. The first-order valence-corrected chi connectivity index (χ1v) is 6.78. The fourth-order valence-corrected chi connectivity index (χ4v) is 2.01. The Morgan fingerprint density at radius 2 is 2.19 bits per heavy atom. The van der Waals surface area contributed by atoms with Gasteiger partial charge in [0.2, 0.25) is 0 Å². The molecule has 6 heteroatoms. The van der Waals surface area contributed by atoms with Gasteiger partial charge in [-0.3, -0.25) is 4.68 Å². The fraction of sp³-hybridized carbons (Fsp3) is 0.333. The van der Waals surface area contributed by atoms with E-state index < -0.39 is 5.97 Å². The Morgan fingerprint density at radius 3 is 2.86 bits per heavy atom. The van der Waals surface area contributed by atoms with Crippen LogP contribution in [0.4, 0.5) is 5.69 Å². The number of aryl methyl sites for hydroxylation is 1. The van der Waals surface area contributed by atoms with Crippen molar-refractivity contribution in [3.05, 3.63) is 41.7 Å². The first-order chi connectivity index (χ1) is 10.1. The highest BCUT2D eigenvalue weighted by molar-refractivity contribution is 5.98. The highest BCUT2D eigenvalue weighted by atomic mass is 16.5. The van der Waals surface area contributed by atoms with Gasteiger partial charge in [0.15, 0.2) is 0 Å². The van der Waals surface area contributed by atoms with Crippen LogP contribution in [0.2, 0.25) is 0 Å². The topological polar surface area (TPSA) is 79.4 Å². The summed E-state index contributed by atoms with van der Waals surface area (Å²) in [5.74, 6) is -0.0262. The maximum Gasteiger partial charge on any atom is 0.344 e. The highest BCUT2D eigenvalue weighted by Crippen LogP contribution is 2.25. The number of aromatic nitrogens is 2. The van der Waals surface area contributed by atoms with Crippen LogP contribution in [-0.2, 0) is 18.2 Å². The van der Waals surface area contributed by atoms with Gasteiger partial charge in [0.05, 0.1) is 13.2 Å². The van der Waals surface area contributed by atoms with E-state index in [1.54, 1.807) is 29.1 Å². The summed E-state index contributed by atoms with van der Waals surface area (Å²) >= 11 is 0. The van der Waals surface area contributed by atoms with E-state index in [-0.39, 0.29) is 12.2 Å². The van der Waals surface area contributed by atoms with Crippen molar-refractivity contribution in [1.82, 2.24) is 9.78 Å². The van der Waals surface area contributed by atoms with Crippen molar-refractivity contribution in [3.63, 3.8) is 0 Å². The molecule has 0 bridgehead atoms. The molecule has 0 radical (unpaired) electrons. The van der Waals surface area contributed by atoms with Crippen LogP contribution in [0.25, 0.3) is 0 Å². The number of carbonyl (C=O) groups excluding carboxylic acids is 1. The van der Waals surface area contributed by atoms with Gasteiger partial charge in [-0.15, -0.1) is 0 Å². The summed E-state index contributed by atoms with van der Waals surface area (Å²) in [5, 5.41) is 4.06. The highest BCUT2D eigenvalue weighted by Gasteiger charge is 2.17. The first-order valence-electron chi connectivity index (χ1n) is 6.78. The zero-order valence-electron chi connectivity index (χ0n) is 12.2. The van der Waals surface area contributed by atoms with E-state index in [0.717, 1.165) is 5.69 Å². The van der Waals surface area contributed by atoms with Crippen LogP contribution in [0.3, 0.4) is 0 Å². The first kappa shape index (κ1) is 14.9. The number of nitrogens with zero attached hydrogens (tertiary/aromatic N) is 2. The molecule has 1 aromatic heterocycles. The van der Waals surface area contributed by atoms with E-state index >= 15 is 0 Å². The molecule has 0 aliphatic carbocycles. The summed E-state index contributed by atoms with van der Waals surface area (Å²) in [7, 11) is 1.85. The molecule has 21 heavy (non-hydrogen) atoms. The fourth-order valence-electron chi connectivity index (χ4n) is 2.01.